The number of nitrogens with one attached hydrogen (secondary N) is 2. The van der Waals surface area contributed by atoms with Crippen LogP contribution in [0.3, 0.4) is 0 Å². The lowest BCUT2D eigenvalue weighted by molar-refractivity contribution is 0.0933. The third-order valence-corrected chi connectivity index (χ3v) is 6.29. The molecule has 146 valence electrons. The van der Waals surface area contributed by atoms with E-state index in [1.54, 1.807) is 18.2 Å². The number of para-hydroxylation sites is 1. The number of rotatable bonds is 5. The van der Waals surface area contributed by atoms with Crippen LogP contribution < -0.4 is 10.0 Å². The highest BCUT2D eigenvalue weighted by Gasteiger charge is 2.19. The van der Waals surface area contributed by atoms with Crippen molar-refractivity contribution >= 4 is 21.6 Å². The van der Waals surface area contributed by atoms with E-state index in [1.165, 1.54) is 43.2 Å². The molecule has 1 aliphatic rings. The summed E-state index contributed by atoms with van der Waals surface area (Å²) in [6.07, 6.45) is 6.64. The number of amides is 1. The van der Waals surface area contributed by atoms with Crippen LogP contribution in [0, 0.1) is 11.3 Å². The Morgan fingerprint density at radius 1 is 0.964 bits per heavy atom. The lowest BCUT2D eigenvalue weighted by Crippen LogP contribution is -2.34. The Labute approximate surface area is 165 Å². The van der Waals surface area contributed by atoms with Gasteiger partial charge in [0.1, 0.15) is 6.07 Å². The van der Waals surface area contributed by atoms with Crippen LogP contribution in [0.5, 0.6) is 0 Å². The molecule has 28 heavy (non-hydrogen) atoms. The van der Waals surface area contributed by atoms with E-state index in [1.807, 2.05) is 6.07 Å². The second kappa shape index (κ2) is 8.89. The van der Waals surface area contributed by atoms with E-state index in [9.17, 15) is 13.2 Å². The lowest BCUT2D eigenvalue weighted by atomic mass is 10.1. The van der Waals surface area contributed by atoms with Crippen molar-refractivity contribution in [1.82, 2.24) is 5.32 Å². The molecule has 0 aromatic heterocycles. The first-order valence-corrected chi connectivity index (χ1v) is 10.9. The summed E-state index contributed by atoms with van der Waals surface area (Å²) in [4.78, 5) is 12.5. The van der Waals surface area contributed by atoms with Gasteiger partial charge in [-0.3, -0.25) is 9.52 Å². The van der Waals surface area contributed by atoms with Gasteiger partial charge in [-0.15, -0.1) is 0 Å². The second-order valence-electron chi connectivity index (χ2n) is 6.95. The fraction of sp³-hybridized carbons (Fsp3) is 0.333. The predicted octanol–water partition coefficient (Wildman–Crippen LogP) is 3.81. The van der Waals surface area contributed by atoms with E-state index in [2.05, 4.69) is 10.0 Å². The van der Waals surface area contributed by atoms with Crippen LogP contribution in [0.25, 0.3) is 0 Å². The number of benzene rings is 2. The summed E-state index contributed by atoms with van der Waals surface area (Å²) in [5.41, 5.74) is 0.895. The van der Waals surface area contributed by atoms with E-state index in [0.717, 1.165) is 25.7 Å². The number of anilines is 1. The van der Waals surface area contributed by atoms with Crippen LogP contribution in [0.15, 0.2) is 53.4 Å². The van der Waals surface area contributed by atoms with Crippen LogP contribution in [-0.2, 0) is 10.0 Å². The van der Waals surface area contributed by atoms with Crippen LogP contribution in [0.2, 0.25) is 0 Å². The van der Waals surface area contributed by atoms with E-state index < -0.39 is 10.0 Å². The number of sulfonamides is 1. The number of nitrogens with zero attached hydrogens (tertiary/aromatic N) is 1. The Kier molecular flexibility index (Phi) is 6.32. The summed E-state index contributed by atoms with van der Waals surface area (Å²) >= 11 is 0. The number of hydrogen-bond acceptors (Lipinski definition) is 4. The molecule has 1 saturated carbocycles. The Hall–Kier alpha value is -2.85. The number of carbonyl (C=O) groups is 1. The van der Waals surface area contributed by atoms with Crippen molar-refractivity contribution in [2.24, 2.45) is 0 Å². The van der Waals surface area contributed by atoms with Crippen molar-refractivity contribution in [2.45, 2.75) is 49.5 Å². The molecule has 0 atom stereocenters. The van der Waals surface area contributed by atoms with Gasteiger partial charge in [0.25, 0.3) is 15.9 Å². The average Bonchev–Trinajstić information content (AvgIpc) is 2.97. The van der Waals surface area contributed by atoms with Crippen LogP contribution in [0.1, 0.15) is 54.4 Å². The largest absolute Gasteiger partial charge is 0.349 e. The first-order valence-electron chi connectivity index (χ1n) is 9.42. The highest BCUT2D eigenvalue weighted by Crippen LogP contribution is 2.21. The quantitative estimate of drug-likeness (QED) is 0.749. The second-order valence-corrected chi connectivity index (χ2v) is 8.63. The molecule has 0 aliphatic heterocycles. The molecular weight excluding hydrogens is 374 g/mol. The minimum absolute atomic E-state index is 0.0336. The predicted molar refractivity (Wildman–Crippen MR) is 107 cm³/mol. The van der Waals surface area contributed by atoms with Crippen LogP contribution in [0.4, 0.5) is 5.69 Å². The molecule has 2 aromatic rings. The van der Waals surface area contributed by atoms with Crippen molar-refractivity contribution in [3.63, 3.8) is 0 Å². The standard InChI is InChI=1S/C21H23N3O3S/c22-15-17-7-5-6-10-20(17)24-28(26,27)19-13-11-16(12-14-19)21(25)23-18-8-3-1-2-4-9-18/h5-7,10-14,18,24H,1-4,8-9H2,(H,23,25). The van der Waals surface area contributed by atoms with Crippen molar-refractivity contribution in [2.75, 3.05) is 4.72 Å². The summed E-state index contributed by atoms with van der Waals surface area (Å²) < 4.78 is 27.6. The molecule has 0 saturated heterocycles. The molecule has 0 spiro atoms. The molecule has 0 bridgehead atoms. The zero-order valence-corrected chi connectivity index (χ0v) is 16.3. The van der Waals surface area contributed by atoms with Crippen molar-refractivity contribution in [1.29, 1.82) is 5.26 Å². The summed E-state index contributed by atoms with van der Waals surface area (Å²) in [5, 5.41) is 12.2. The lowest BCUT2D eigenvalue weighted by Gasteiger charge is -2.16. The zero-order valence-electron chi connectivity index (χ0n) is 15.5. The van der Waals surface area contributed by atoms with Gasteiger partial charge in [0, 0.05) is 11.6 Å². The molecule has 7 heteroatoms. The average molecular weight is 398 g/mol. The summed E-state index contributed by atoms with van der Waals surface area (Å²) in [5.74, 6) is -0.182. The Balaban J connectivity index is 1.70. The Morgan fingerprint density at radius 2 is 1.61 bits per heavy atom. The monoisotopic (exact) mass is 397 g/mol. The van der Waals surface area contributed by atoms with E-state index in [-0.39, 0.29) is 28.1 Å². The first-order chi connectivity index (χ1) is 13.5. The van der Waals surface area contributed by atoms with Crippen molar-refractivity contribution in [3.8, 4) is 6.07 Å². The Bertz CT molecular complexity index is 971. The van der Waals surface area contributed by atoms with E-state index >= 15 is 0 Å². The number of carbonyl (C=O) groups excluding carboxylic acids is 1. The van der Waals surface area contributed by atoms with Gasteiger partial charge in [0.15, 0.2) is 0 Å². The summed E-state index contributed by atoms with van der Waals surface area (Å²) in [7, 11) is -3.85. The maximum Gasteiger partial charge on any atom is 0.261 e. The fourth-order valence-corrected chi connectivity index (χ4v) is 4.43. The van der Waals surface area contributed by atoms with Gasteiger partial charge in [-0.05, 0) is 49.2 Å². The molecule has 6 nitrogen and oxygen atoms in total. The van der Waals surface area contributed by atoms with Gasteiger partial charge in [-0.1, -0.05) is 37.8 Å². The van der Waals surface area contributed by atoms with Gasteiger partial charge in [0.05, 0.1) is 16.1 Å². The third kappa shape index (κ3) is 4.90. The smallest absolute Gasteiger partial charge is 0.261 e. The topological polar surface area (TPSA) is 99.1 Å². The first kappa shape index (κ1) is 19.9. The van der Waals surface area contributed by atoms with E-state index in [4.69, 9.17) is 5.26 Å². The molecule has 1 aliphatic carbocycles. The SMILES string of the molecule is N#Cc1ccccc1NS(=O)(=O)c1ccc(C(=O)NC2CCCCCC2)cc1. The highest BCUT2D eigenvalue weighted by atomic mass is 32.2. The maximum absolute atomic E-state index is 12.6. The van der Waals surface area contributed by atoms with Gasteiger partial charge in [0.2, 0.25) is 0 Å². The van der Waals surface area contributed by atoms with Gasteiger partial charge in [-0.25, -0.2) is 8.42 Å². The normalized spacial score (nSPS) is 15.2. The van der Waals surface area contributed by atoms with Crippen LogP contribution in [-0.4, -0.2) is 20.4 Å². The third-order valence-electron chi connectivity index (χ3n) is 4.91. The molecule has 2 aromatic carbocycles. The molecule has 0 radical (unpaired) electrons. The summed E-state index contributed by atoms with van der Waals surface area (Å²) in [6.45, 7) is 0. The number of hydrogen-bond donors (Lipinski definition) is 2. The number of nitriles is 1. The summed E-state index contributed by atoms with van der Waals surface area (Å²) in [6, 6.07) is 14.4. The molecule has 0 heterocycles. The fourth-order valence-electron chi connectivity index (χ4n) is 3.35. The van der Waals surface area contributed by atoms with Crippen LogP contribution >= 0.6 is 0 Å². The zero-order chi connectivity index (χ0) is 20.0. The minimum atomic E-state index is -3.85. The van der Waals surface area contributed by atoms with Crippen molar-refractivity contribution < 1.29 is 13.2 Å². The van der Waals surface area contributed by atoms with Crippen molar-refractivity contribution in [3.05, 3.63) is 59.7 Å². The Morgan fingerprint density at radius 3 is 2.25 bits per heavy atom. The minimum Gasteiger partial charge on any atom is -0.349 e. The maximum atomic E-state index is 12.6. The van der Waals surface area contributed by atoms with E-state index in [0.29, 0.717) is 5.56 Å². The highest BCUT2D eigenvalue weighted by molar-refractivity contribution is 7.92. The van der Waals surface area contributed by atoms with Gasteiger partial charge < -0.3 is 5.32 Å². The molecule has 1 amide bonds. The molecule has 1 fully saturated rings. The molecule has 3 rings (SSSR count). The molecule has 2 N–H and O–H groups in total. The molecule has 0 unspecified atom stereocenters. The van der Waals surface area contributed by atoms with Gasteiger partial charge >= 0.3 is 0 Å². The van der Waals surface area contributed by atoms with Gasteiger partial charge in [-0.2, -0.15) is 5.26 Å². The molecular formula is C21H23N3O3S.